The van der Waals surface area contributed by atoms with Crippen LogP contribution < -0.4 is 4.74 Å². The Bertz CT molecular complexity index is 946. The smallest absolute Gasteiger partial charge is 0.270 e. The third kappa shape index (κ3) is 4.33. The van der Waals surface area contributed by atoms with Gasteiger partial charge in [0.1, 0.15) is 11.5 Å². The number of aromatic nitrogens is 2. The van der Waals surface area contributed by atoms with Crippen molar-refractivity contribution in [2.24, 2.45) is 5.10 Å². The van der Waals surface area contributed by atoms with Crippen molar-refractivity contribution in [2.75, 3.05) is 40.3 Å². The summed E-state index contributed by atoms with van der Waals surface area (Å²) in [6.07, 6.45) is 0.729. The summed E-state index contributed by atoms with van der Waals surface area (Å²) in [4.78, 5) is 32.6. The molecule has 0 N–H and O–H groups in total. The van der Waals surface area contributed by atoms with Gasteiger partial charge in [-0.25, -0.2) is 5.01 Å². The molecule has 0 atom stereocenters. The molecule has 0 bridgehead atoms. The zero-order valence-corrected chi connectivity index (χ0v) is 17.1. The molecule has 0 radical (unpaired) electrons. The molecule has 2 aromatic rings. The number of ether oxygens (including phenoxy) is 1. The highest BCUT2D eigenvalue weighted by Crippen LogP contribution is 2.20. The maximum Gasteiger partial charge on any atom is 0.270 e. The lowest BCUT2D eigenvalue weighted by Crippen LogP contribution is -2.51. The van der Waals surface area contributed by atoms with Gasteiger partial charge in [0.2, 0.25) is 17.6 Å². The summed E-state index contributed by atoms with van der Waals surface area (Å²) >= 11 is 0. The van der Waals surface area contributed by atoms with E-state index in [0.29, 0.717) is 63.0 Å². The summed E-state index contributed by atoms with van der Waals surface area (Å²) in [7, 11) is 3.20. The van der Waals surface area contributed by atoms with Gasteiger partial charge in [0.05, 0.1) is 13.7 Å². The summed E-state index contributed by atoms with van der Waals surface area (Å²) in [6, 6.07) is 7.48. The van der Waals surface area contributed by atoms with Crippen molar-refractivity contribution in [1.82, 2.24) is 24.9 Å². The number of carbonyl (C=O) groups excluding carboxylic acids is 2. The molecular formula is C20H24N6O4. The van der Waals surface area contributed by atoms with Crippen molar-refractivity contribution in [3.05, 3.63) is 30.2 Å². The first-order chi connectivity index (χ1) is 14.5. The molecule has 10 nitrogen and oxygen atoms in total. The van der Waals surface area contributed by atoms with Crippen molar-refractivity contribution < 1.29 is 18.8 Å². The van der Waals surface area contributed by atoms with Crippen LogP contribution in [0.1, 0.15) is 18.7 Å². The highest BCUT2D eigenvalue weighted by Gasteiger charge is 2.28. The lowest BCUT2D eigenvalue weighted by atomic mass is 10.1. The maximum absolute atomic E-state index is 12.7. The average molecular weight is 412 g/mol. The van der Waals surface area contributed by atoms with Crippen LogP contribution in [-0.4, -0.2) is 82.8 Å². The number of hydrogen-bond acceptors (Lipinski definition) is 8. The van der Waals surface area contributed by atoms with Crippen LogP contribution in [0.15, 0.2) is 33.9 Å². The van der Waals surface area contributed by atoms with Crippen molar-refractivity contribution >= 4 is 17.5 Å². The molecule has 30 heavy (non-hydrogen) atoms. The van der Waals surface area contributed by atoms with Crippen molar-refractivity contribution in [3.8, 4) is 17.1 Å². The lowest BCUT2D eigenvalue weighted by molar-refractivity contribution is -0.131. The fraction of sp³-hybridized carbons (Fsp3) is 0.450. The van der Waals surface area contributed by atoms with Gasteiger partial charge in [-0.15, -0.1) is 0 Å². The second kappa shape index (κ2) is 8.62. The van der Waals surface area contributed by atoms with Gasteiger partial charge in [-0.3, -0.25) is 14.5 Å². The maximum atomic E-state index is 12.7. The summed E-state index contributed by atoms with van der Waals surface area (Å²) < 4.78 is 10.6. The lowest BCUT2D eigenvalue weighted by Gasteiger charge is -2.34. The highest BCUT2D eigenvalue weighted by atomic mass is 16.5. The third-order valence-electron chi connectivity index (χ3n) is 5.29. The zero-order chi connectivity index (χ0) is 21.1. The van der Waals surface area contributed by atoms with Gasteiger partial charge in [0.25, 0.3) is 5.91 Å². The molecule has 0 aliphatic carbocycles. The van der Waals surface area contributed by atoms with E-state index in [1.807, 2.05) is 24.3 Å². The Labute approximate surface area is 174 Å². The van der Waals surface area contributed by atoms with Crippen LogP contribution in [-0.2, 0) is 16.1 Å². The topological polar surface area (TPSA) is 104 Å². The van der Waals surface area contributed by atoms with Gasteiger partial charge in [-0.2, -0.15) is 10.1 Å². The zero-order valence-electron chi connectivity index (χ0n) is 17.1. The number of amides is 2. The second-order valence-electron chi connectivity index (χ2n) is 7.27. The molecule has 0 unspecified atom stereocenters. The minimum atomic E-state index is -0.0893. The molecule has 4 rings (SSSR count). The van der Waals surface area contributed by atoms with E-state index < -0.39 is 0 Å². The number of hydrazone groups is 1. The molecule has 1 aromatic heterocycles. The number of methoxy groups -OCH3 is 1. The molecule has 3 heterocycles. The Morgan fingerprint density at radius 1 is 1.13 bits per heavy atom. The van der Waals surface area contributed by atoms with Crippen LogP contribution in [0, 0.1) is 0 Å². The fourth-order valence-electron chi connectivity index (χ4n) is 3.48. The predicted octanol–water partition coefficient (Wildman–Crippen LogP) is 0.998. The van der Waals surface area contributed by atoms with E-state index in [0.717, 1.165) is 11.3 Å². The van der Waals surface area contributed by atoms with Gasteiger partial charge < -0.3 is 14.2 Å². The van der Waals surface area contributed by atoms with Gasteiger partial charge >= 0.3 is 0 Å². The van der Waals surface area contributed by atoms with Gasteiger partial charge in [-0.05, 0) is 24.3 Å². The normalized spacial score (nSPS) is 17.8. The Morgan fingerprint density at radius 2 is 1.87 bits per heavy atom. The number of benzene rings is 1. The first-order valence-electron chi connectivity index (χ1n) is 9.86. The van der Waals surface area contributed by atoms with E-state index in [1.54, 1.807) is 19.1 Å². The molecule has 158 valence electrons. The Morgan fingerprint density at radius 3 is 2.53 bits per heavy atom. The van der Waals surface area contributed by atoms with Crippen LogP contribution in [0.3, 0.4) is 0 Å². The molecule has 0 saturated carbocycles. The minimum Gasteiger partial charge on any atom is -0.497 e. The summed E-state index contributed by atoms with van der Waals surface area (Å²) in [6.45, 7) is 3.12. The number of nitrogens with zero attached hydrogens (tertiary/aromatic N) is 6. The van der Waals surface area contributed by atoms with Crippen LogP contribution in [0.5, 0.6) is 5.75 Å². The van der Waals surface area contributed by atoms with E-state index in [2.05, 4.69) is 20.1 Å². The molecule has 2 aliphatic rings. The Kier molecular flexibility index (Phi) is 5.75. The Balaban J connectivity index is 1.31. The SMILES string of the molecule is COc1ccc(-c2noc(CN3CCN(C(=O)C4=NN(C)C(=O)CC4)CC3)n2)cc1. The number of hydrogen-bond donors (Lipinski definition) is 0. The van der Waals surface area contributed by atoms with Crippen molar-refractivity contribution in [1.29, 1.82) is 0 Å². The first kappa shape index (κ1) is 20.0. The van der Waals surface area contributed by atoms with Crippen LogP contribution in [0.4, 0.5) is 0 Å². The summed E-state index contributed by atoms with van der Waals surface area (Å²) in [5.74, 6) is 1.69. The van der Waals surface area contributed by atoms with Crippen LogP contribution >= 0.6 is 0 Å². The summed E-state index contributed by atoms with van der Waals surface area (Å²) in [5.41, 5.74) is 1.31. The number of rotatable bonds is 5. The van der Waals surface area contributed by atoms with Crippen LogP contribution in [0.2, 0.25) is 0 Å². The van der Waals surface area contributed by atoms with E-state index in [1.165, 1.54) is 5.01 Å². The van der Waals surface area contributed by atoms with Gasteiger partial charge in [0, 0.05) is 51.6 Å². The largest absolute Gasteiger partial charge is 0.497 e. The van der Waals surface area contributed by atoms with E-state index >= 15 is 0 Å². The third-order valence-corrected chi connectivity index (χ3v) is 5.29. The van der Waals surface area contributed by atoms with Gasteiger partial charge in [-0.1, -0.05) is 5.16 Å². The molecule has 1 aromatic carbocycles. The fourth-order valence-corrected chi connectivity index (χ4v) is 3.48. The predicted molar refractivity (Wildman–Crippen MR) is 108 cm³/mol. The molecule has 2 aliphatic heterocycles. The Hall–Kier alpha value is -3.27. The standard InChI is InChI=1S/C20H24N6O4/c1-24-18(27)8-7-16(22-24)20(28)26-11-9-25(10-12-26)13-17-21-19(23-30-17)14-3-5-15(29-2)6-4-14/h3-6H,7-13H2,1-2H3. The number of piperazine rings is 1. The molecule has 0 spiro atoms. The minimum absolute atomic E-state index is 0.0649. The first-order valence-corrected chi connectivity index (χ1v) is 9.86. The van der Waals surface area contributed by atoms with E-state index in [9.17, 15) is 9.59 Å². The van der Waals surface area contributed by atoms with Crippen LogP contribution in [0.25, 0.3) is 11.4 Å². The molecule has 2 amide bonds. The van der Waals surface area contributed by atoms with Gasteiger partial charge in [0.15, 0.2) is 0 Å². The average Bonchev–Trinajstić information content (AvgIpc) is 3.24. The molecule has 1 fully saturated rings. The van der Waals surface area contributed by atoms with Crippen molar-refractivity contribution in [3.63, 3.8) is 0 Å². The highest BCUT2D eigenvalue weighted by molar-refractivity contribution is 6.39. The monoisotopic (exact) mass is 412 g/mol. The molecule has 1 saturated heterocycles. The summed E-state index contributed by atoms with van der Waals surface area (Å²) in [5, 5.41) is 9.43. The van der Waals surface area contributed by atoms with E-state index in [4.69, 9.17) is 9.26 Å². The number of carbonyl (C=O) groups is 2. The quantitative estimate of drug-likeness (QED) is 0.721. The van der Waals surface area contributed by atoms with E-state index in [-0.39, 0.29) is 11.8 Å². The van der Waals surface area contributed by atoms with Crippen molar-refractivity contribution in [2.45, 2.75) is 19.4 Å². The molecular weight excluding hydrogens is 388 g/mol. The molecule has 10 heteroatoms. The second-order valence-corrected chi connectivity index (χ2v) is 7.27.